The van der Waals surface area contributed by atoms with E-state index in [9.17, 15) is 4.39 Å². The Morgan fingerprint density at radius 3 is 2.79 bits per heavy atom. The highest BCUT2D eigenvalue weighted by atomic mass is 19.1. The molecule has 3 rings (SSSR count). The fourth-order valence-electron chi connectivity index (χ4n) is 2.87. The van der Waals surface area contributed by atoms with Crippen LogP contribution in [0.4, 0.5) is 10.1 Å². The highest BCUT2D eigenvalue weighted by Crippen LogP contribution is 2.28. The van der Waals surface area contributed by atoms with E-state index >= 15 is 0 Å². The third-order valence-electron chi connectivity index (χ3n) is 4.59. The molecule has 1 aromatic carbocycles. The van der Waals surface area contributed by atoms with Crippen molar-refractivity contribution in [3.63, 3.8) is 0 Å². The monoisotopic (exact) mass is 333 g/mol. The van der Waals surface area contributed by atoms with Gasteiger partial charge < -0.3 is 15.2 Å². The Kier molecular flexibility index (Phi) is 5.04. The minimum atomic E-state index is -0.337. The molecule has 2 N–H and O–H groups in total. The fraction of sp³-hybridized carbons (Fsp3) is 0.500. The van der Waals surface area contributed by atoms with Gasteiger partial charge in [-0.1, -0.05) is 0 Å². The van der Waals surface area contributed by atoms with Gasteiger partial charge in [-0.05, 0) is 45.2 Å². The Hall–Kier alpha value is -2.08. The minimum absolute atomic E-state index is 0.0580. The van der Waals surface area contributed by atoms with Crippen LogP contribution < -0.4 is 10.1 Å². The molecule has 1 aliphatic rings. The van der Waals surface area contributed by atoms with Gasteiger partial charge in [0.15, 0.2) is 11.6 Å². The van der Waals surface area contributed by atoms with Crippen LogP contribution in [0.25, 0.3) is 0 Å². The predicted octanol–water partition coefficient (Wildman–Crippen LogP) is 3.17. The second-order valence-corrected chi connectivity index (χ2v) is 6.27. The van der Waals surface area contributed by atoms with Crippen molar-refractivity contribution in [3.8, 4) is 5.75 Å². The molecular weight excluding hydrogens is 309 g/mol. The second kappa shape index (κ2) is 7.21. The van der Waals surface area contributed by atoms with Crippen LogP contribution in [0.15, 0.2) is 18.2 Å². The molecule has 2 aromatic rings. The minimum Gasteiger partial charge on any atom is -0.487 e. The molecule has 0 unspecified atom stereocenters. The number of benzene rings is 1. The Bertz CT molecular complexity index is 711. The van der Waals surface area contributed by atoms with Gasteiger partial charge in [0.2, 0.25) is 0 Å². The SMILES string of the molecule is Cc1nn(CCO)c(C)c1CNc1ccc(OC2CCC2)c(F)c1. The Morgan fingerprint density at radius 2 is 2.17 bits per heavy atom. The standard InChI is InChI=1S/C18H24FN3O2/c1-12-16(13(2)22(21-12)8-9-23)11-20-14-6-7-18(17(19)10-14)24-15-4-3-5-15/h6-7,10,15,20,23H,3-5,8-9,11H2,1-2H3. The van der Waals surface area contributed by atoms with Crippen molar-refractivity contribution in [2.75, 3.05) is 11.9 Å². The first-order valence-corrected chi connectivity index (χ1v) is 8.42. The van der Waals surface area contributed by atoms with Crippen LogP contribution in [0, 0.1) is 19.7 Å². The number of aliphatic hydroxyl groups excluding tert-OH is 1. The van der Waals surface area contributed by atoms with Gasteiger partial charge in [0, 0.05) is 29.6 Å². The summed E-state index contributed by atoms with van der Waals surface area (Å²) in [6.45, 7) is 5.01. The van der Waals surface area contributed by atoms with Crippen molar-refractivity contribution in [1.82, 2.24) is 9.78 Å². The number of aliphatic hydroxyl groups is 1. The van der Waals surface area contributed by atoms with E-state index in [4.69, 9.17) is 9.84 Å². The van der Waals surface area contributed by atoms with E-state index in [0.717, 1.165) is 36.2 Å². The summed E-state index contributed by atoms with van der Waals surface area (Å²) < 4.78 is 21.6. The number of hydrogen-bond donors (Lipinski definition) is 2. The molecule has 1 saturated carbocycles. The first-order chi connectivity index (χ1) is 11.6. The molecular formula is C18H24FN3O2. The smallest absolute Gasteiger partial charge is 0.167 e. The van der Waals surface area contributed by atoms with Crippen molar-refractivity contribution in [1.29, 1.82) is 0 Å². The lowest BCUT2D eigenvalue weighted by molar-refractivity contribution is 0.115. The molecule has 0 bridgehead atoms. The van der Waals surface area contributed by atoms with E-state index in [1.807, 2.05) is 19.9 Å². The average molecular weight is 333 g/mol. The van der Waals surface area contributed by atoms with Gasteiger partial charge in [0.25, 0.3) is 0 Å². The van der Waals surface area contributed by atoms with E-state index in [2.05, 4.69) is 10.4 Å². The maximum atomic E-state index is 14.2. The number of rotatable bonds is 7. The zero-order valence-corrected chi connectivity index (χ0v) is 14.2. The van der Waals surface area contributed by atoms with Crippen LogP contribution in [0.2, 0.25) is 0 Å². The lowest BCUT2D eigenvalue weighted by atomic mass is 9.96. The molecule has 1 heterocycles. The quantitative estimate of drug-likeness (QED) is 0.817. The molecule has 5 nitrogen and oxygen atoms in total. The van der Waals surface area contributed by atoms with Crippen LogP contribution in [0.1, 0.15) is 36.2 Å². The topological polar surface area (TPSA) is 59.3 Å². The third kappa shape index (κ3) is 3.53. The van der Waals surface area contributed by atoms with Gasteiger partial charge in [0.05, 0.1) is 24.9 Å². The molecule has 0 amide bonds. The molecule has 0 saturated heterocycles. The van der Waals surface area contributed by atoms with Gasteiger partial charge in [-0.25, -0.2) is 4.39 Å². The van der Waals surface area contributed by atoms with E-state index in [1.165, 1.54) is 6.07 Å². The molecule has 0 radical (unpaired) electrons. The number of ether oxygens (including phenoxy) is 1. The van der Waals surface area contributed by atoms with Crippen molar-refractivity contribution in [3.05, 3.63) is 41.0 Å². The van der Waals surface area contributed by atoms with E-state index in [0.29, 0.717) is 24.5 Å². The number of aryl methyl sites for hydroxylation is 1. The molecule has 1 aliphatic carbocycles. The van der Waals surface area contributed by atoms with Crippen molar-refractivity contribution >= 4 is 5.69 Å². The summed E-state index contributed by atoms with van der Waals surface area (Å²) in [4.78, 5) is 0. The summed E-state index contributed by atoms with van der Waals surface area (Å²) in [7, 11) is 0. The molecule has 0 aliphatic heterocycles. The first kappa shape index (κ1) is 16.8. The summed E-state index contributed by atoms with van der Waals surface area (Å²) in [5.41, 5.74) is 3.71. The molecule has 1 aromatic heterocycles. The number of halogens is 1. The van der Waals surface area contributed by atoms with Gasteiger partial charge in [-0.3, -0.25) is 4.68 Å². The Labute approximate surface area is 141 Å². The lowest BCUT2D eigenvalue weighted by Crippen LogP contribution is -2.24. The number of anilines is 1. The average Bonchev–Trinajstić information content (AvgIpc) is 2.77. The van der Waals surface area contributed by atoms with E-state index in [1.54, 1.807) is 10.7 Å². The zero-order chi connectivity index (χ0) is 17.1. The maximum absolute atomic E-state index is 14.2. The van der Waals surface area contributed by atoms with Crippen LogP contribution in [-0.2, 0) is 13.1 Å². The Balaban J connectivity index is 1.65. The summed E-state index contributed by atoms with van der Waals surface area (Å²) in [6, 6.07) is 4.99. The predicted molar refractivity (Wildman–Crippen MR) is 90.8 cm³/mol. The van der Waals surface area contributed by atoms with Crippen LogP contribution >= 0.6 is 0 Å². The second-order valence-electron chi connectivity index (χ2n) is 6.27. The molecule has 1 fully saturated rings. The molecule has 24 heavy (non-hydrogen) atoms. The molecule has 130 valence electrons. The molecule has 0 atom stereocenters. The van der Waals surface area contributed by atoms with Crippen molar-refractivity contribution < 1.29 is 14.2 Å². The van der Waals surface area contributed by atoms with E-state index < -0.39 is 0 Å². The summed E-state index contributed by atoms with van der Waals surface area (Å²) in [5.74, 6) is -0.00954. The largest absolute Gasteiger partial charge is 0.487 e. The lowest BCUT2D eigenvalue weighted by Gasteiger charge is -2.26. The number of nitrogens with one attached hydrogen (secondary N) is 1. The number of nitrogens with zero attached hydrogens (tertiary/aromatic N) is 2. The van der Waals surface area contributed by atoms with Gasteiger partial charge in [-0.2, -0.15) is 5.10 Å². The summed E-state index contributed by atoms with van der Waals surface area (Å²) in [6.07, 6.45) is 3.35. The normalized spacial score (nSPS) is 14.5. The van der Waals surface area contributed by atoms with Crippen molar-refractivity contribution in [2.45, 2.75) is 52.3 Å². The third-order valence-corrected chi connectivity index (χ3v) is 4.59. The number of hydrogen-bond acceptors (Lipinski definition) is 4. The van der Waals surface area contributed by atoms with Gasteiger partial charge >= 0.3 is 0 Å². The van der Waals surface area contributed by atoms with Crippen LogP contribution in [-0.4, -0.2) is 27.6 Å². The fourth-order valence-corrected chi connectivity index (χ4v) is 2.87. The van der Waals surface area contributed by atoms with Crippen LogP contribution in [0.3, 0.4) is 0 Å². The first-order valence-electron chi connectivity index (χ1n) is 8.42. The molecule has 6 heteroatoms. The summed E-state index contributed by atoms with van der Waals surface area (Å²) >= 11 is 0. The van der Waals surface area contributed by atoms with Gasteiger partial charge in [-0.15, -0.1) is 0 Å². The number of aromatic nitrogens is 2. The van der Waals surface area contributed by atoms with Gasteiger partial charge in [0.1, 0.15) is 0 Å². The maximum Gasteiger partial charge on any atom is 0.167 e. The Morgan fingerprint density at radius 1 is 1.38 bits per heavy atom. The van der Waals surface area contributed by atoms with Crippen LogP contribution in [0.5, 0.6) is 5.75 Å². The zero-order valence-electron chi connectivity index (χ0n) is 14.2. The van der Waals surface area contributed by atoms with E-state index in [-0.39, 0.29) is 18.5 Å². The molecule has 0 spiro atoms. The highest BCUT2D eigenvalue weighted by molar-refractivity contribution is 5.48. The van der Waals surface area contributed by atoms with Crippen molar-refractivity contribution in [2.24, 2.45) is 0 Å². The summed E-state index contributed by atoms with van der Waals surface area (Å²) in [5, 5.41) is 16.7. The highest BCUT2D eigenvalue weighted by Gasteiger charge is 2.20.